The number of anilines is 1. The standard InChI is InChI=1S/C19H23N3O5/c1-26-18(24)14-9-15(19(25)27-2)11-16(10-14)21-17(23)13-5-3-7-22(12-13)8-4-6-20/h9-11,13H,3-5,7-8,12H2,1-2H3,(H,21,23). The van der Waals surface area contributed by atoms with Crippen molar-refractivity contribution in [1.29, 1.82) is 5.26 Å². The quantitative estimate of drug-likeness (QED) is 0.758. The maximum atomic E-state index is 12.7. The molecule has 8 nitrogen and oxygen atoms in total. The van der Waals surface area contributed by atoms with Crippen molar-refractivity contribution < 1.29 is 23.9 Å². The van der Waals surface area contributed by atoms with E-state index in [1.807, 2.05) is 0 Å². The number of carbonyl (C=O) groups is 3. The first-order valence-corrected chi connectivity index (χ1v) is 8.70. The van der Waals surface area contributed by atoms with Crippen LogP contribution in [-0.4, -0.2) is 56.6 Å². The van der Waals surface area contributed by atoms with Gasteiger partial charge in [0, 0.05) is 25.2 Å². The molecule has 0 spiro atoms. The van der Waals surface area contributed by atoms with Gasteiger partial charge in [0.05, 0.1) is 37.3 Å². The molecular weight excluding hydrogens is 350 g/mol. The highest BCUT2D eigenvalue weighted by Crippen LogP contribution is 2.21. The molecule has 1 heterocycles. The van der Waals surface area contributed by atoms with Crippen LogP contribution in [0.5, 0.6) is 0 Å². The second-order valence-corrected chi connectivity index (χ2v) is 6.32. The molecule has 1 aromatic carbocycles. The van der Waals surface area contributed by atoms with Gasteiger partial charge in [0.1, 0.15) is 0 Å². The average Bonchev–Trinajstić information content (AvgIpc) is 2.70. The van der Waals surface area contributed by atoms with Crippen LogP contribution in [0.4, 0.5) is 5.69 Å². The zero-order chi connectivity index (χ0) is 19.8. The summed E-state index contributed by atoms with van der Waals surface area (Å²) in [6.45, 7) is 2.09. The lowest BCUT2D eigenvalue weighted by atomic mass is 9.96. The average molecular weight is 373 g/mol. The zero-order valence-corrected chi connectivity index (χ0v) is 15.5. The van der Waals surface area contributed by atoms with E-state index in [9.17, 15) is 14.4 Å². The molecule has 1 aliphatic heterocycles. The van der Waals surface area contributed by atoms with Crippen molar-refractivity contribution in [2.75, 3.05) is 39.2 Å². The Balaban J connectivity index is 2.15. The molecule has 2 rings (SSSR count). The summed E-state index contributed by atoms with van der Waals surface area (Å²) in [5.74, 6) is -1.64. The molecule has 0 aliphatic carbocycles. The van der Waals surface area contributed by atoms with Crippen LogP contribution in [-0.2, 0) is 14.3 Å². The molecular formula is C19H23N3O5. The number of carbonyl (C=O) groups excluding carboxylic acids is 3. The fraction of sp³-hybridized carbons (Fsp3) is 0.474. The van der Waals surface area contributed by atoms with Crippen molar-refractivity contribution in [2.45, 2.75) is 19.3 Å². The van der Waals surface area contributed by atoms with Crippen molar-refractivity contribution in [1.82, 2.24) is 4.90 Å². The molecule has 1 aliphatic rings. The van der Waals surface area contributed by atoms with E-state index in [0.29, 0.717) is 25.2 Å². The second kappa shape index (κ2) is 9.69. The van der Waals surface area contributed by atoms with Crippen molar-refractivity contribution in [3.63, 3.8) is 0 Å². The van der Waals surface area contributed by atoms with Gasteiger partial charge in [-0.1, -0.05) is 0 Å². The van der Waals surface area contributed by atoms with Gasteiger partial charge in [-0.3, -0.25) is 4.79 Å². The minimum Gasteiger partial charge on any atom is -0.465 e. The first-order valence-electron chi connectivity index (χ1n) is 8.70. The van der Waals surface area contributed by atoms with Gasteiger partial charge < -0.3 is 19.7 Å². The molecule has 1 saturated heterocycles. The molecule has 1 amide bonds. The van der Waals surface area contributed by atoms with Gasteiger partial charge in [0.2, 0.25) is 5.91 Å². The fourth-order valence-electron chi connectivity index (χ4n) is 3.10. The van der Waals surface area contributed by atoms with Gasteiger partial charge in [0.15, 0.2) is 0 Å². The molecule has 0 radical (unpaired) electrons. The fourth-order valence-corrected chi connectivity index (χ4v) is 3.10. The molecule has 27 heavy (non-hydrogen) atoms. The highest BCUT2D eigenvalue weighted by molar-refractivity contribution is 6.00. The van der Waals surface area contributed by atoms with Crippen molar-refractivity contribution in [3.05, 3.63) is 29.3 Å². The molecule has 0 saturated carbocycles. The van der Waals surface area contributed by atoms with E-state index in [4.69, 9.17) is 14.7 Å². The molecule has 0 aromatic heterocycles. The van der Waals surface area contributed by atoms with Crippen molar-refractivity contribution in [3.8, 4) is 6.07 Å². The summed E-state index contributed by atoms with van der Waals surface area (Å²) >= 11 is 0. The third-order valence-electron chi connectivity index (χ3n) is 4.46. The number of esters is 2. The Labute approximate surface area is 158 Å². The summed E-state index contributed by atoms with van der Waals surface area (Å²) in [6.07, 6.45) is 2.05. The number of rotatable bonds is 6. The lowest BCUT2D eigenvalue weighted by Crippen LogP contribution is -2.41. The van der Waals surface area contributed by atoms with E-state index in [-0.39, 0.29) is 23.0 Å². The maximum Gasteiger partial charge on any atom is 0.337 e. The largest absolute Gasteiger partial charge is 0.465 e. The highest BCUT2D eigenvalue weighted by Gasteiger charge is 2.26. The van der Waals surface area contributed by atoms with Crippen LogP contribution in [0.2, 0.25) is 0 Å². The molecule has 0 bridgehead atoms. The third-order valence-corrected chi connectivity index (χ3v) is 4.46. The summed E-state index contributed by atoms with van der Waals surface area (Å²) in [6, 6.07) is 6.40. The minimum absolute atomic E-state index is 0.148. The topological polar surface area (TPSA) is 109 Å². The second-order valence-electron chi connectivity index (χ2n) is 6.32. The summed E-state index contributed by atoms with van der Waals surface area (Å²) in [7, 11) is 2.48. The predicted octanol–water partition coefficient (Wildman–Crippen LogP) is 1.82. The number of piperidine rings is 1. The smallest absolute Gasteiger partial charge is 0.337 e. The molecule has 144 valence electrons. The van der Waals surface area contributed by atoms with E-state index in [2.05, 4.69) is 16.3 Å². The van der Waals surface area contributed by atoms with Gasteiger partial charge in [-0.15, -0.1) is 0 Å². The van der Waals surface area contributed by atoms with Crippen LogP contribution < -0.4 is 5.32 Å². The molecule has 8 heteroatoms. The number of nitriles is 1. The lowest BCUT2D eigenvalue weighted by Gasteiger charge is -2.31. The summed E-state index contributed by atoms with van der Waals surface area (Å²) in [5.41, 5.74) is 0.627. The van der Waals surface area contributed by atoms with Crippen LogP contribution in [0.25, 0.3) is 0 Å². The van der Waals surface area contributed by atoms with E-state index in [1.165, 1.54) is 32.4 Å². The first-order chi connectivity index (χ1) is 13.0. The predicted molar refractivity (Wildman–Crippen MR) is 97.1 cm³/mol. The van der Waals surface area contributed by atoms with E-state index in [1.54, 1.807) is 0 Å². The van der Waals surface area contributed by atoms with Crippen molar-refractivity contribution in [2.24, 2.45) is 5.92 Å². The number of likely N-dealkylation sites (tertiary alicyclic amines) is 1. The number of ether oxygens (including phenoxy) is 2. The Morgan fingerprint density at radius 3 is 2.37 bits per heavy atom. The Morgan fingerprint density at radius 1 is 1.19 bits per heavy atom. The summed E-state index contributed by atoms with van der Waals surface area (Å²) in [4.78, 5) is 38.4. The number of hydrogen-bond donors (Lipinski definition) is 1. The summed E-state index contributed by atoms with van der Waals surface area (Å²) < 4.78 is 9.39. The highest BCUT2D eigenvalue weighted by atomic mass is 16.5. The number of hydrogen-bond acceptors (Lipinski definition) is 7. The zero-order valence-electron chi connectivity index (χ0n) is 15.5. The molecule has 1 fully saturated rings. The van der Waals surface area contributed by atoms with E-state index >= 15 is 0 Å². The minimum atomic E-state index is -0.614. The van der Waals surface area contributed by atoms with Crippen molar-refractivity contribution >= 4 is 23.5 Å². The van der Waals surface area contributed by atoms with Crippen LogP contribution in [0, 0.1) is 17.2 Å². The van der Waals surface area contributed by atoms with E-state index in [0.717, 1.165) is 19.4 Å². The molecule has 1 unspecified atom stereocenters. The van der Waals surface area contributed by atoms with Gasteiger partial charge >= 0.3 is 11.9 Å². The number of nitrogens with one attached hydrogen (secondary N) is 1. The normalized spacial score (nSPS) is 16.9. The Hall–Kier alpha value is -2.92. The lowest BCUT2D eigenvalue weighted by molar-refractivity contribution is -0.121. The Bertz CT molecular complexity index is 722. The first kappa shape index (κ1) is 20.4. The van der Waals surface area contributed by atoms with Gasteiger partial charge in [-0.05, 0) is 37.6 Å². The van der Waals surface area contributed by atoms with Gasteiger partial charge in [-0.2, -0.15) is 5.26 Å². The number of methoxy groups -OCH3 is 2. The molecule has 1 aromatic rings. The van der Waals surface area contributed by atoms with Crippen LogP contribution in [0.15, 0.2) is 18.2 Å². The van der Waals surface area contributed by atoms with E-state index < -0.39 is 11.9 Å². The third kappa shape index (κ3) is 5.53. The van der Waals surface area contributed by atoms with Crippen LogP contribution in [0.1, 0.15) is 40.0 Å². The molecule has 1 atom stereocenters. The van der Waals surface area contributed by atoms with Crippen LogP contribution >= 0.6 is 0 Å². The Morgan fingerprint density at radius 2 is 1.81 bits per heavy atom. The van der Waals surface area contributed by atoms with Crippen LogP contribution in [0.3, 0.4) is 0 Å². The summed E-state index contributed by atoms with van der Waals surface area (Å²) in [5, 5.41) is 11.5. The Kier molecular flexibility index (Phi) is 7.32. The monoisotopic (exact) mass is 373 g/mol. The number of benzene rings is 1. The number of amides is 1. The molecule has 1 N–H and O–H groups in total. The van der Waals surface area contributed by atoms with Gasteiger partial charge in [0.25, 0.3) is 0 Å². The maximum absolute atomic E-state index is 12.7. The van der Waals surface area contributed by atoms with Gasteiger partial charge in [-0.25, -0.2) is 9.59 Å². The SMILES string of the molecule is COC(=O)c1cc(NC(=O)C2CCCN(CCC#N)C2)cc(C(=O)OC)c1. The number of nitrogens with zero attached hydrogens (tertiary/aromatic N) is 2.